The van der Waals surface area contributed by atoms with E-state index in [2.05, 4.69) is 30.4 Å². The minimum Gasteiger partial charge on any atom is -0.467 e. The molecule has 0 bridgehead atoms. The highest BCUT2D eigenvalue weighted by Crippen LogP contribution is 2.11. The minimum atomic E-state index is 0.507. The number of ether oxygens (including phenoxy) is 1. The molecule has 0 aliphatic carbocycles. The number of rotatable bonds is 8. The Morgan fingerprint density at radius 2 is 2.05 bits per heavy atom. The third-order valence-corrected chi connectivity index (χ3v) is 2.96. The van der Waals surface area contributed by atoms with Gasteiger partial charge in [0.1, 0.15) is 12.4 Å². The summed E-state index contributed by atoms with van der Waals surface area (Å²) in [5, 5.41) is 3.28. The summed E-state index contributed by atoms with van der Waals surface area (Å²) in [6, 6.07) is 12.2. The zero-order valence-electron chi connectivity index (χ0n) is 11.8. The van der Waals surface area contributed by atoms with Crippen LogP contribution in [-0.4, -0.2) is 13.2 Å². The molecule has 0 aliphatic rings. The fourth-order valence-electron chi connectivity index (χ4n) is 1.88. The van der Waals surface area contributed by atoms with Crippen LogP contribution in [-0.2, 0) is 17.9 Å². The third-order valence-electron chi connectivity index (χ3n) is 2.96. The zero-order chi connectivity index (χ0) is 14.0. The monoisotopic (exact) mass is 271 g/mol. The van der Waals surface area contributed by atoms with Crippen molar-refractivity contribution in [3.8, 4) is 0 Å². The molecule has 0 amide bonds. The van der Waals surface area contributed by atoms with Crippen LogP contribution in [0.3, 0.4) is 0 Å². The van der Waals surface area contributed by atoms with E-state index in [4.69, 9.17) is 9.15 Å². The molecule has 0 atom stereocenters. The molecule has 3 heteroatoms. The molecule has 1 N–H and O–H groups in total. The molecular weight excluding hydrogens is 250 g/mol. The van der Waals surface area contributed by atoms with Gasteiger partial charge in [-0.15, -0.1) is 0 Å². The second kappa shape index (κ2) is 8.35. The van der Waals surface area contributed by atoms with Gasteiger partial charge in [0.15, 0.2) is 0 Å². The van der Waals surface area contributed by atoms with E-state index in [0.29, 0.717) is 13.2 Å². The lowest BCUT2D eigenvalue weighted by Crippen LogP contribution is -2.12. The number of benzene rings is 1. The molecule has 3 nitrogen and oxygen atoms in total. The van der Waals surface area contributed by atoms with Crippen molar-refractivity contribution in [2.24, 2.45) is 0 Å². The smallest absolute Gasteiger partial charge is 0.133 e. The quantitative estimate of drug-likeness (QED) is 0.745. The number of nitrogens with one attached hydrogen (secondary N) is 1. The molecule has 0 fully saturated rings. The van der Waals surface area contributed by atoms with E-state index in [0.717, 1.165) is 18.8 Å². The molecule has 20 heavy (non-hydrogen) atoms. The Hall–Kier alpha value is -1.84. The van der Waals surface area contributed by atoms with Crippen molar-refractivity contribution in [1.29, 1.82) is 0 Å². The molecule has 1 heterocycles. The lowest BCUT2D eigenvalue weighted by atomic mass is 10.2. The molecule has 2 rings (SSSR count). The lowest BCUT2D eigenvalue weighted by molar-refractivity contribution is 0.131. The summed E-state index contributed by atoms with van der Waals surface area (Å²) < 4.78 is 11.0. The van der Waals surface area contributed by atoms with Crippen molar-refractivity contribution in [1.82, 2.24) is 5.32 Å². The predicted molar refractivity (Wildman–Crippen MR) is 81.2 cm³/mol. The van der Waals surface area contributed by atoms with Crippen LogP contribution < -0.4 is 5.32 Å². The van der Waals surface area contributed by atoms with E-state index < -0.39 is 0 Å². The van der Waals surface area contributed by atoms with Gasteiger partial charge < -0.3 is 14.5 Å². The molecule has 1 aromatic heterocycles. The van der Waals surface area contributed by atoms with E-state index in [1.54, 1.807) is 6.26 Å². The predicted octanol–water partition coefficient (Wildman–Crippen LogP) is 3.62. The van der Waals surface area contributed by atoms with E-state index in [1.807, 2.05) is 30.3 Å². The highest BCUT2D eigenvalue weighted by atomic mass is 16.5. The third kappa shape index (κ3) is 4.68. The topological polar surface area (TPSA) is 34.4 Å². The van der Waals surface area contributed by atoms with Crippen molar-refractivity contribution in [3.63, 3.8) is 0 Å². The maximum atomic E-state index is 5.61. The molecule has 0 saturated carbocycles. The van der Waals surface area contributed by atoms with E-state index >= 15 is 0 Å². The second-order valence-electron chi connectivity index (χ2n) is 4.48. The molecule has 0 radical (unpaired) electrons. The minimum absolute atomic E-state index is 0.507. The van der Waals surface area contributed by atoms with Gasteiger partial charge in [-0.1, -0.05) is 49.4 Å². The fraction of sp³-hybridized carbons (Fsp3) is 0.294. The molecular formula is C17H21NO2. The van der Waals surface area contributed by atoms with Gasteiger partial charge in [-0.2, -0.15) is 0 Å². The first-order valence-electron chi connectivity index (χ1n) is 6.95. The SMILES string of the molecule is CCNCc1ccoc1COCC=Cc1ccccc1. The summed E-state index contributed by atoms with van der Waals surface area (Å²) in [5.41, 5.74) is 2.35. The second-order valence-corrected chi connectivity index (χ2v) is 4.48. The molecule has 0 spiro atoms. The Bertz CT molecular complexity index is 517. The van der Waals surface area contributed by atoms with Gasteiger partial charge in [-0.25, -0.2) is 0 Å². The van der Waals surface area contributed by atoms with Crippen LogP contribution in [0.25, 0.3) is 6.08 Å². The first kappa shape index (κ1) is 14.6. The van der Waals surface area contributed by atoms with E-state index in [1.165, 1.54) is 11.1 Å². The van der Waals surface area contributed by atoms with E-state index in [-0.39, 0.29) is 0 Å². The van der Waals surface area contributed by atoms with Crippen molar-refractivity contribution >= 4 is 6.08 Å². The summed E-state index contributed by atoms with van der Waals surface area (Å²) in [4.78, 5) is 0. The van der Waals surface area contributed by atoms with Crippen LogP contribution in [0.5, 0.6) is 0 Å². The van der Waals surface area contributed by atoms with Crippen molar-refractivity contribution in [2.75, 3.05) is 13.2 Å². The Labute approximate surface area is 120 Å². The van der Waals surface area contributed by atoms with Gasteiger partial charge >= 0.3 is 0 Å². The van der Waals surface area contributed by atoms with Crippen LogP contribution >= 0.6 is 0 Å². The highest BCUT2D eigenvalue weighted by molar-refractivity contribution is 5.48. The maximum Gasteiger partial charge on any atom is 0.133 e. The molecule has 2 aromatic rings. The summed E-state index contributed by atoms with van der Waals surface area (Å²) in [6.45, 7) is 4.95. The molecule has 0 aliphatic heterocycles. The molecule has 0 saturated heterocycles. The lowest BCUT2D eigenvalue weighted by Gasteiger charge is -2.03. The van der Waals surface area contributed by atoms with Crippen molar-refractivity contribution < 1.29 is 9.15 Å². The number of hydrogen-bond donors (Lipinski definition) is 1. The van der Waals surface area contributed by atoms with Crippen LogP contribution in [0.1, 0.15) is 23.8 Å². The normalized spacial score (nSPS) is 11.2. The van der Waals surface area contributed by atoms with Crippen LogP contribution in [0.15, 0.2) is 53.2 Å². The summed E-state index contributed by atoms with van der Waals surface area (Å²) in [6.07, 6.45) is 5.79. The van der Waals surface area contributed by atoms with Crippen LogP contribution in [0.4, 0.5) is 0 Å². The Morgan fingerprint density at radius 1 is 1.20 bits per heavy atom. The van der Waals surface area contributed by atoms with Crippen molar-refractivity contribution in [2.45, 2.75) is 20.1 Å². The van der Waals surface area contributed by atoms with Gasteiger partial charge in [0.2, 0.25) is 0 Å². The zero-order valence-corrected chi connectivity index (χ0v) is 11.8. The molecule has 106 valence electrons. The van der Waals surface area contributed by atoms with Gasteiger partial charge in [0, 0.05) is 12.1 Å². The average Bonchev–Trinajstić information content (AvgIpc) is 2.93. The summed E-state index contributed by atoms with van der Waals surface area (Å²) >= 11 is 0. The fourth-order valence-corrected chi connectivity index (χ4v) is 1.88. The first-order chi connectivity index (χ1) is 9.90. The number of furan rings is 1. The highest BCUT2D eigenvalue weighted by Gasteiger charge is 2.05. The molecule has 1 aromatic carbocycles. The summed E-state index contributed by atoms with van der Waals surface area (Å²) in [5.74, 6) is 0.902. The Kier molecular flexibility index (Phi) is 6.08. The van der Waals surface area contributed by atoms with Gasteiger partial charge in [-0.05, 0) is 18.2 Å². The largest absolute Gasteiger partial charge is 0.467 e. The first-order valence-corrected chi connectivity index (χ1v) is 6.95. The standard InChI is InChI=1S/C17H21NO2/c1-2-18-13-16-10-12-20-17(16)14-19-11-6-9-15-7-4-3-5-8-15/h3-10,12,18H,2,11,13-14H2,1H3. The maximum absolute atomic E-state index is 5.61. The van der Waals surface area contributed by atoms with Crippen LogP contribution in [0.2, 0.25) is 0 Å². The van der Waals surface area contributed by atoms with Crippen LogP contribution in [0, 0.1) is 0 Å². The Balaban J connectivity index is 1.73. The van der Waals surface area contributed by atoms with Gasteiger partial charge in [0.25, 0.3) is 0 Å². The van der Waals surface area contributed by atoms with Crippen molar-refractivity contribution in [3.05, 3.63) is 65.6 Å². The Morgan fingerprint density at radius 3 is 2.85 bits per heavy atom. The molecule has 0 unspecified atom stereocenters. The average molecular weight is 271 g/mol. The van der Waals surface area contributed by atoms with Gasteiger partial charge in [-0.3, -0.25) is 0 Å². The van der Waals surface area contributed by atoms with Gasteiger partial charge in [0.05, 0.1) is 12.9 Å². The van der Waals surface area contributed by atoms with E-state index in [9.17, 15) is 0 Å². The summed E-state index contributed by atoms with van der Waals surface area (Å²) in [7, 11) is 0. The number of hydrogen-bond acceptors (Lipinski definition) is 3.